The van der Waals surface area contributed by atoms with Gasteiger partial charge in [-0.15, -0.1) is 0 Å². The van der Waals surface area contributed by atoms with Crippen molar-refractivity contribution in [1.29, 1.82) is 0 Å². The number of hydrogen-bond donors (Lipinski definition) is 1. The first-order valence-electron chi connectivity index (χ1n) is 4.85. The highest BCUT2D eigenvalue weighted by Crippen LogP contribution is 2.33. The van der Waals surface area contributed by atoms with Gasteiger partial charge in [0, 0.05) is 10.9 Å². The first-order valence-corrected chi connectivity index (χ1v) is 5.64. The standard InChI is InChI=1S/C11H12BrNO2/c1-13-6-10(14)9-5-8(12)4-7-2-3-15-11(7)9/h4-5,13H,2-3,6H2,1H3. The number of fused-ring (bicyclic) bond motifs is 1. The van der Waals surface area contributed by atoms with E-state index in [1.807, 2.05) is 12.1 Å². The van der Waals surface area contributed by atoms with E-state index in [2.05, 4.69) is 21.2 Å². The summed E-state index contributed by atoms with van der Waals surface area (Å²) in [5.74, 6) is 0.829. The minimum Gasteiger partial charge on any atom is -0.492 e. The second kappa shape index (κ2) is 4.33. The van der Waals surface area contributed by atoms with E-state index < -0.39 is 0 Å². The van der Waals surface area contributed by atoms with Crippen molar-refractivity contribution in [2.75, 3.05) is 20.2 Å². The van der Waals surface area contributed by atoms with Crippen molar-refractivity contribution >= 4 is 21.7 Å². The molecule has 1 heterocycles. The van der Waals surface area contributed by atoms with Crippen LogP contribution in [-0.2, 0) is 6.42 Å². The van der Waals surface area contributed by atoms with Gasteiger partial charge in [-0.2, -0.15) is 0 Å². The first kappa shape index (κ1) is 10.6. The van der Waals surface area contributed by atoms with Crippen LogP contribution in [0.25, 0.3) is 0 Å². The molecule has 2 rings (SSSR count). The first-order chi connectivity index (χ1) is 7.22. The van der Waals surface area contributed by atoms with Gasteiger partial charge in [-0.1, -0.05) is 15.9 Å². The van der Waals surface area contributed by atoms with Crippen molar-refractivity contribution in [3.63, 3.8) is 0 Å². The highest BCUT2D eigenvalue weighted by Gasteiger charge is 2.21. The number of ketones is 1. The van der Waals surface area contributed by atoms with Gasteiger partial charge >= 0.3 is 0 Å². The summed E-state index contributed by atoms with van der Waals surface area (Å²) in [5, 5.41) is 2.86. The SMILES string of the molecule is CNCC(=O)c1cc(Br)cc2c1OCC2. The molecule has 3 nitrogen and oxygen atoms in total. The number of carbonyl (C=O) groups excluding carboxylic acids is 1. The van der Waals surface area contributed by atoms with Crippen molar-refractivity contribution in [3.05, 3.63) is 27.7 Å². The molecule has 0 radical (unpaired) electrons. The van der Waals surface area contributed by atoms with E-state index >= 15 is 0 Å². The molecule has 0 saturated carbocycles. The normalized spacial score (nSPS) is 13.5. The Morgan fingerprint density at radius 2 is 2.40 bits per heavy atom. The highest BCUT2D eigenvalue weighted by molar-refractivity contribution is 9.10. The number of hydrogen-bond acceptors (Lipinski definition) is 3. The average Bonchev–Trinajstić information content (AvgIpc) is 2.64. The zero-order valence-corrected chi connectivity index (χ0v) is 10.1. The second-order valence-corrected chi connectivity index (χ2v) is 4.41. The lowest BCUT2D eigenvalue weighted by molar-refractivity contribution is 0.0990. The molecule has 80 valence electrons. The maximum atomic E-state index is 11.8. The summed E-state index contributed by atoms with van der Waals surface area (Å²) in [5.41, 5.74) is 1.79. The van der Waals surface area contributed by atoms with Gasteiger partial charge in [-0.25, -0.2) is 0 Å². The predicted octanol–water partition coefficient (Wildman–Crippen LogP) is 1.79. The van der Waals surface area contributed by atoms with Crippen LogP contribution in [0.1, 0.15) is 15.9 Å². The third-order valence-electron chi connectivity index (χ3n) is 2.39. The van der Waals surface area contributed by atoms with E-state index in [-0.39, 0.29) is 5.78 Å². The van der Waals surface area contributed by atoms with Crippen LogP contribution < -0.4 is 10.1 Å². The minimum absolute atomic E-state index is 0.0666. The van der Waals surface area contributed by atoms with Gasteiger partial charge in [0.1, 0.15) is 5.75 Å². The number of nitrogens with one attached hydrogen (secondary N) is 1. The quantitative estimate of drug-likeness (QED) is 0.851. The lowest BCUT2D eigenvalue weighted by atomic mass is 10.0. The van der Waals surface area contributed by atoms with E-state index in [9.17, 15) is 4.79 Å². The summed E-state index contributed by atoms with van der Waals surface area (Å²) >= 11 is 3.41. The van der Waals surface area contributed by atoms with Crippen molar-refractivity contribution in [2.24, 2.45) is 0 Å². The zero-order valence-electron chi connectivity index (χ0n) is 8.47. The average molecular weight is 270 g/mol. The Balaban J connectivity index is 2.42. The van der Waals surface area contributed by atoms with E-state index in [1.54, 1.807) is 7.05 Å². The van der Waals surface area contributed by atoms with Crippen molar-refractivity contribution < 1.29 is 9.53 Å². The van der Waals surface area contributed by atoms with Crippen LogP contribution in [0.4, 0.5) is 0 Å². The molecule has 0 atom stereocenters. The Morgan fingerprint density at radius 3 is 3.13 bits per heavy atom. The Kier molecular flexibility index (Phi) is 3.07. The molecule has 0 fully saturated rings. The largest absolute Gasteiger partial charge is 0.492 e. The van der Waals surface area contributed by atoms with Crippen LogP contribution in [0, 0.1) is 0 Å². The predicted molar refractivity (Wildman–Crippen MR) is 61.6 cm³/mol. The van der Waals surface area contributed by atoms with Crippen LogP contribution in [0.2, 0.25) is 0 Å². The molecule has 4 heteroatoms. The topological polar surface area (TPSA) is 38.3 Å². The Morgan fingerprint density at radius 1 is 1.60 bits per heavy atom. The van der Waals surface area contributed by atoms with Crippen molar-refractivity contribution in [1.82, 2.24) is 5.32 Å². The lowest BCUT2D eigenvalue weighted by Crippen LogP contribution is -2.19. The number of likely N-dealkylation sites (N-methyl/N-ethyl adjacent to an activating group) is 1. The third kappa shape index (κ3) is 2.06. The molecule has 0 bridgehead atoms. The molecule has 0 aromatic heterocycles. The van der Waals surface area contributed by atoms with Gasteiger partial charge in [0.15, 0.2) is 5.78 Å². The molecule has 15 heavy (non-hydrogen) atoms. The van der Waals surface area contributed by atoms with E-state index in [0.29, 0.717) is 18.7 Å². The van der Waals surface area contributed by atoms with Gasteiger partial charge in [0.2, 0.25) is 0 Å². The molecule has 0 unspecified atom stereocenters. The molecule has 0 spiro atoms. The lowest BCUT2D eigenvalue weighted by Gasteiger charge is -2.07. The minimum atomic E-state index is 0.0666. The van der Waals surface area contributed by atoms with E-state index in [0.717, 1.165) is 22.2 Å². The maximum absolute atomic E-state index is 11.8. The Bertz CT molecular complexity index is 404. The van der Waals surface area contributed by atoms with Gasteiger partial charge in [0.05, 0.1) is 18.7 Å². The van der Waals surface area contributed by atoms with Crippen molar-refractivity contribution in [3.8, 4) is 5.75 Å². The summed E-state index contributed by atoms with van der Waals surface area (Å²) in [6.45, 7) is 1.01. The molecular formula is C11H12BrNO2. The number of ether oxygens (including phenoxy) is 1. The molecule has 1 aromatic carbocycles. The summed E-state index contributed by atoms with van der Waals surface area (Å²) < 4.78 is 6.42. The Labute approximate surface area is 96.9 Å². The summed E-state index contributed by atoms with van der Waals surface area (Å²) in [4.78, 5) is 11.8. The number of carbonyl (C=O) groups is 1. The van der Waals surface area contributed by atoms with Gasteiger partial charge in [0.25, 0.3) is 0 Å². The molecule has 1 aromatic rings. The van der Waals surface area contributed by atoms with Crippen LogP contribution in [0.5, 0.6) is 5.75 Å². The molecule has 0 amide bonds. The molecule has 1 N–H and O–H groups in total. The number of Topliss-reactive ketones (excluding diaryl/α,β-unsaturated/α-hetero) is 1. The fourth-order valence-corrected chi connectivity index (χ4v) is 2.24. The van der Waals surface area contributed by atoms with Crippen molar-refractivity contribution in [2.45, 2.75) is 6.42 Å². The highest BCUT2D eigenvalue weighted by atomic mass is 79.9. The van der Waals surface area contributed by atoms with Gasteiger partial charge < -0.3 is 10.1 Å². The molecular weight excluding hydrogens is 258 g/mol. The monoisotopic (exact) mass is 269 g/mol. The Hall–Kier alpha value is -0.870. The van der Waals surface area contributed by atoms with Gasteiger partial charge in [-0.3, -0.25) is 4.79 Å². The van der Waals surface area contributed by atoms with Crippen LogP contribution >= 0.6 is 15.9 Å². The molecule has 0 saturated heterocycles. The third-order valence-corrected chi connectivity index (χ3v) is 2.84. The van der Waals surface area contributed by atoms with Gasteiger partial charge in [-0.05, 0) is 24.7 Å². The summed E-state index contributed by atoms with van der Waals surface area (Å²) in [6.07, 6.45) is 0.884. The molecule has 1 aliphatic rings. The number of halogens is 1. The summed E-state index contributed by atoms with van der Waals surface area (Å²) in [6, 6.07) is 3.84. The number of rotatable bonds is 3. The maximum Gasteiger partial charge on any atom is 0.180 e. The van der Waals surface area contributed by atoms with E-state index in [4.69, 9.17) is 4.74 Å². The zero-order chi connectivity index (χ0) is 10.8. The van der Waals surface area contributed by atoms with Crippen LogP contribution in [0.3, 0.4) is 0 Å². The molecule has 1 aliphatic heterocycles. The molecule has 0 aliphatic carbocycles. The van der Waals surface area contributed by atoms with Crippen LogP contribution in [0.15, 0.2) is 16.6 Å². The van der Waals surface area contributed by atoms with E-state index in [1.165, 1.54) is 0 Å². The van der Waals surface area contributed by atoms with Crippen LogP contribution in [-0.4, -0.2) is 26.0 Å². The second-order valence-electron chi connectivity index (χ2n) is 3.49. The fourth-order valence-electron chi connectivity index (χ4n) is 1.73. The summed E-state index contributed by atoms with van der Waals surface area (Å²) in [7, 11) is 1.76. The fraction of sp³-hybridized carbons (Fsp3) is 0.364. The smallest absolute Gasteiger partial charge is 0.180 e. The number of benzene rings is 1.